The lowest BCUT2D eigenvalue weighted by Gasteiger charge is -2.48. The average molecular weight is 466 g/mol. The second-order valence-electron chi connectivity index (χ2n) is 8.32. The van der Waals surface area contributed by atoms with E-state index in [1.165, 1.54) is 37.4 Å². The second-order valence-corrected chi connectivity index (χ2v) is 8.73. The van der Waals surface area contributed by atoms with Crippen LogP contribution in [-0.2, 0) is 4.79 Å². The predicted octanol–water partition coefficient (Wildman–Crippen LogP) is 3.56. The molecule has 1 heterocycles. The molecular formula is C22H22ClF2N3O4. The Labute approximate surface area is 188 Å². The molecule has 1 unspecified atom stereocenters. The molecule has 0 radical (unpaired) electrons. The van der Waals surface area contributed by atoms with Crippen molar-refractivity contribution in [2.24, 2.45) is 0 Å². The van der Waals surface area contributed by atoms with Crippen LogP contribution in [0.3, 0.4) is 0 Å². The quantitative estimate of drug-likeness (QED) is 0.622. The third-order valence-electron chi connectivity index (χ3n) is 5.75. The topological polar surface area (TPSA) is 89.6 Å². The normalized spacial score (nSPS) is 24.2. The van der Waals surface area contributed by atoms with Crippen molar-refractivity contribution in [1.82, 2.24) is 15.6 Å². The minimum atomic E-state index is -1.47. The second kappa shape index (κ2) is 8.54. The van der Waals surface area contributed by atoms with Gasteiger partial charge >= 0.3 is 0 Å². The summed E-state index contributed by atoms with van der Waals surface area (Å²) in [4.78, 5) is 28.9. The van der Waals surface area contributed by atoms with E-state index in [4.69, 9.17) is 21.1 Å². The Balaban J connectivity index is 1.26. The summed E-state index contributed by atoms with van der Waals surface area (Å²) in [7, 11) is 0. The average Bonchev–Trinajstić information content (AvgIpc) is 3.23. The summed E-state index contributed by atoms with van der Waals surface area (Å²) < 4.78 is 36.6. The minimum absolute atomic E-state index is 0.0201. The molecule has 5 rings (SSSR count). The summed E-state index contributed by atoms with van der Waals surface area (Å²) in [5.74, 6) is -0.816. The molecule has 7 nitrogen and oxygen atoms in total. The third kappa shape index (κ3) is 4.77. The zero-order valence-electron chi connectivity index (χ0n) is 17.3. The third-order valence-corrected chi connectivity index (χ3v) is 6.05. The predicted molar refractivity (Wildman–Crippen MR) is 112 cm³/mol. The molecule has 2 aromatic rings. The molecule has 1 aromatic heterocycles. The fourth-order valence-corrected chi connectivity index (χ4v) is 4.62. The van der Waals surface area contributed by atoms with Gasteiger partial charge in [0.05, 0.1) is 11.2 Å². The first-order valence-corrected chi connectivity index (χ1v) is 10.5. The van der Waals surface area contributed by atoms with Crippen molar-refractivity contribution in [3.63, 3.8) is 0 Å². The number of pyridine rings is 1. The zero-order valence-corrected chi connectivity index (χ0v) is 18.0. The van der Waals surface area contributed by atoms with E-state index in [9.17, 15) is 18.4 Å². The number of alkyl halides is 1. The maximum Gasteiger partial charge on any atom is 0.270 e. The molecule has 170 valence electrons. The maximum absolute atomic E-state index is 13.5. The molecule has 0 aliphatic heterocycles. The first-order chi connectivity index (χ1) is 15.2. The van der Waals surface area contributed by atoms with Gasteiger partial charge in [-0.05, 0) is 49.9 Å². The van der Waals surface area contributed by atoms with Gasteiger partial charge in [0.15, 0.2) is 6.61 Å². The minimum Gasteiger partial charge on any atom is -0.484 e. The van der Waals surface area contributed by atoms with Gasteiger partial charge in [-0.1, -0.05) is 11.6 Å². The summed E-state index contributed by atoms with van der Waals surface area (Å²) in [6.07, 6.45) is 2.49. The van der Waals surface area contributed by atoms with Crippen LogP contribution in [0.1, 0.15) is 43.1 Å². The van der Waals surface area contributed by atoms with E-state index in [0.29, 0.717) is 12.8 Å². The summed E-state index contributed by atoms with van der Waals surface area (Å²) >= 11 is 5.63. The largest absolute Gasteiger partial charge is 0.484 e. The molecule has 10 heteroatoms. The molecule has 2 amide bonds. The summed E-state index contributed by atoms with van der Waals surface area (Å²) in [5, 5.41) is 5.97. The molecule has 3 fully saturated rings. The van der Waals surface area contributed by atoms with E-state index >= 15 is 0 Å². The molecule has 2 N–H and O–H groups in total. The molecule has 3 saturated carbocycles. The van der Waals surface area contributed by atoms with E-state index in [1.54, 1.807) is 0 Å². The van der Waals surface area contributed by atoms with Gasteiger partial charge in [0.25, 0.3) is 11.8 Å². The summed E-state index contributed by atoms with van der Waals surface area (Å²) in [5.41, 5.74) is -0.578. The first kappa shape index (κ1) is 22.3. The van der Waals surface area contributed by atoms with Crippen LogP contribution in [0, 0.1) is 5.82 Å². The molecule has 3 aliphatic carbocycles. The van der Waals surface area contributed by atoms with Crippen LogP contribution in [0.4, 0.5) is 8.78 Å². The first-order valence-electron chi connectivity index (χ1n) is 10.2. The number of fused-ring (bicyclic) bond motifs is 1. The monoisotopic (exact) mass is 465 g/mol. The van der Waals surface area contributed by atoms with Crippen LogP contribution in [0.25, 0.3) is 0 Å². The highest BCUT2D eigenvalue weighted by Gasteiger charge is 2.62. The van der Waals surface area contributed by atoms with E-state index in [1.807, 2.05) is 0 Å². The van der Waals surface area contributed by atoms with Crippen LogP contribution >= 0.6 is 11.6 Å². The Bertz CT molecular complexity index is 1030. The lowest BCUT2D eigenvalue weighted by Crippen LogP contribution is -2.64. The number of carbonyl (C=O) groups excluding carboxylic acids is 2. The smallest absolute Gasteiger partial charge is 0.270 e. The van der Waals surface area contributed by atoms with Crippen molar-refractivity contribution in [2.45, 2.75) is 50.0 Å². The van der Waals surface area contributed by atoms with Gasteiger partial charge in [-0.3, -0.25) is 9.59 Å². The van der Waals surface area contributed by atoms with Crippen LogP contribution in [0.2, 0.25) is 5.02 Å². The Morgan fingerprint density at radius 1 is 1.16 bits per heavy atom. The number of carbonyl (C=O) groups is 2. The standard InChI is InChI=1S/C22H22ClF2N3O4/c1-13(24)32-15-3-5-18(26-9-15)20(30)28-22-7-6-21(11-22,12-22)27-19(29)10-31-14-2-4-16(23)17(25)8-14/h2-5,8-9,13H,6-7,10-12H2,1H3,(H,27,29)(H,28,30). The number of ether oxygens (including phenoxy) is 2. The van der Waals surface area contributed by atoms with E-state index < -0.39 is 17.7 Å². The van der Waals surface area contributed by atoms with Crippen molar-refractivity contribution >= 4 is 23.4 Å². The van der Waals surface area contributed by atoms with Gasteiger partial charge in [0.2, 0.25) is 6.36 Å². The number of nitrogens with one attached hydrogen (secondary N) is 2. The number of rotatable bonds is 8. The fourth-order valence-electron chi connectivity index (χ4n) is 4.50. The Hall–Kier alpha value is -2.94. The number of benzene rings is 1. The van der Waals surface area contributed by atoms with Crippen molar-refractivity contribution in [3.05, 3.63) is 53.1 Å². The molecule has 3 aliphatic rings. The molecule has 32 heavy (non-hydrogen) atoms. The van der Waals surface area contributed by atoms with Crippen LogP contribution < -0.4 is 20.1 Å². The lowest BCUT2D eigenvalue weighted by molar-refractivity contribution is -0.126. The van der Waals surface area contributed by atoms with Crippen molar-refractivity contribution < 1.29 is 27.8 Å². The van der Waals surface area contributed by atoms with Crippen molar-refractivity contribution in [3.8, 4) is 11.5 Å². The Morgan fingerprint density at radius 2 is 1.84 bits per heavy atom. The molecule has 1 aromatic carbocycles. The fraction of sp³-hybridized carbons (Fsp3) is 0.409. The van der Waals surface area contributed by atoms with Crippen molar-refractivity contribution in [1.29, 1.82) is 0 Å². The Morgan fingerprint density at radius 3 is 2.47 bits per heavy atom. The highest BCUT2D eigenvalue weighted by Crippen LogP contribution is 2.55. The molecule has 2 bridgehead atoms. The van der Waals surface area contributed by atoms with Gasteiger partial charge in [-0.25, -0.2) is 13.8 Å². The van der Waals surface area contributed by atoms with Gasteiger partial charge in [-0.15, -0.1) is 0 Å². The van der Waals surface area contributed by atoms with Crippen molar-refractivity contribution in [2.75, 3.05) is 6.61 Å². The molecule has 1 atom stereocenters. The highest BCUT2D eigenvalue weighted by molar-refractivity contribution is 6.30. The highest BCUT2D eigenvalue weighted by atomic mass is 35.5. The number of aromatic nitrogens is 1. The number of hydrogen-bond acceptors (Lipinski definition) is 5. The van der Waals surface area contributed by atoms with Crippen LogP contribution in [0.5, 0.6) is 11.5 Å². The number of amides is 2. The molecule has 0 saturated heterocycles. The van der Waals surface area contributed by atoms with Gasteiger partial charge < -0.3 is 20.1 Å². The number of nitrogens with zero attached hydrogens (tertiary/aromatic N) is 1. The Kier molecular flexibility index (Phi) is 5.94. The zero-order chi connectivity index (χ0) is 22.9. The van der Waals surface area contributed by atoms with E-state index in [0.717, 1.165) is 18.9 Å². The van der Waals surface area contributed by atoms with E-state index in [-0.39, 0.29) is 46.2 Å². The maximum atomic E-state index is 13.5. The van der Waals surface area contributed by atoms with Crippen LogP contribution in [-0.4, -0.2) is 40.8 Å². The van der Waals surface area contributed by atoms with Gasteiger partial charge in [-0.2, -0.15) is 0 Å². The molecule has 0 spiro atoms. The summed E-state index contributed by atoms with van der Waals surface area (Å²) in [6.45, 7) is 1.00. The number of hydrogen-bond donors (Lipinski definition) is 2. The van der Waals surface area contributed by atoms with E-state index in [2.05, 4.69) is 15.6 Å². The van der Waals surface area contributed by atoms with Gasteiger partial charge in [0, 0.05) is 24.1 Å². The SMILES string of the molecule is CC(F)Oc1ccc(C(=O)NC23CCC(NC(=O)COc4ccc(Cl)c(F)c4)(C2)C3)nc1. The van der Waals surface area contributed by atoms with Crippen LogP contribution in [0.15, 0.2) is 36.5 Å². The lowest BCUT2D eigenvalue weighted by atomic mass is 9.71. The number of halogens is 3. The summed E-state index contributed by atoms with van der Waals surface area (Å²) in [6, 6.07) is 6.94. The van der Waals surface area contributed by atoms with Gasteiger partial charge in [0.1, 0.15) is 23.0 Å². The molecular weight excluding hydrogens is 444 g/mol.